The van der Waals surface area contributed by atoms with Crippen LogP contribution in [0, 0.1) is 0 Å². The standard InChI is InChI=1S/C6H11FO5/c7-3(1-8)5(11)6(12)4(10)2-9/h1,3-6,9-12H,2H2/t3-,4+,5-,6+/m1/s1. The Kier molecular flexibility index (Phi) is 4.91. The summed E-state index contributed by atoms with van der Waals surface area (Å²) in [4.78, 5) is 9.77. The number of rotatable bonds is 5. The van der Waals surface area contributed by atoms with Gasteiger partial charge in [-0.3, -0.25) is 0 Å². The summed E-state index contributed by atoms with van der Waals surface area (Å²) in [6.45, 7) is -0.816. The topological polar surface area (TPSA) is 98.0 Å². The van der Waals surface area contributed by atoms with Crippen LogP contribution >= 0.6 is 0 Å². The largest absolute Gasteiger partial charge is 0.394 e. The average Bonchev–Trinajstić information content (AvgIpc) is 2.12. The molecule has 12 heavy (non-hydrogen) atoms. The smallest absolute Gasteiger partial charge is 0.183 e. The molecule has 0 aliphatic rings. The van der Waals surface area contributed by atoms with Crippen LogP contribution in [0.25, 0.3) is 0 Å². The van der Waals surface area contributed by atoms with Crippen molar-refractivity contribution >= 4 is 6.29 Å². The van der Waals surface area contributed by atoms with Crippen molar-refractivity contribution < 1.29 is 29.6 Å². The lowest BCUT2D eigenvalue weighted by Gasteiger charge is -2.21. The van der Waals surface area contributed by atoms with E-state index in [1.165, 1.54) is 0 Å². The molecule has 0 aliphatic heterocycles. The SMILES string of the molecule is O=C[C@@H](F)[C@@H](O)[C@@H](O)[C@@H](O)CO. The molecular weight excluding hydrogens is 171 g/mol. The van der Waals surface area contributed by atoms with E-state index in [9.17, 15) is 9.18 Å². The number of carbonyl (C=O) groups excluding carboxylic acids is 1. The minimum Gasteiger partial charge on any atom is -0.394 e. The molecule has 0 aromatic heterocycles. The predicted molar refractivity (Wildman–Crippen MR) is 36.1 cm³/mol. The highest BCUT2D eigenvalue weighted by atomic mass is 19.1. The van der Waals surface area contributed by atoms with Gasteiger partial charge in [0.1, 0.15) is 18.3 Å². The van der Waals surface area contributed by atoms with Gasteiger partial charge in [-0.25, -0.2) is 4.39 Å². The van der Waals surface area contributed by atoms with Crippen LogP contribution < -0.4 is 0 Å². The van der Waals surface area contributed by atoms with Gasteiger partial charge in [0.2, 0.25) is 0 Å². The van der Waals surface area contributed by atoms with Gasteiger partial charge < -0.3 is 25.2 Å². The van der Waals surface area contributed by atoms with Gasteiger partial charge >= 0.3 is 0 Å². The molecular formula is C6H11FO5. The minimum absolute atomic E-state index is 0.196. The third-order valence-electron chi connectivity index (χ3n) is 1.39. The normalized spacial score (nSPS) is 21.1. The molecule has 72 valence electrons. The van der Waals surface area contributed by atoms with E-state index < -0.39 is 31.1 Å². The lowest BCUT2D eigenvalue weighted by molar-refractivity contribution is -0.127. The quantitative estimate of drug-likeness (QED) is 0.355. The van der Waals surface area contributed by atoms with Gasteiger partial charge in [0, 0.05) is 0 Å². The Balaban J connectivity index is 4.07. The molecule has 6 heteroatoms. The fourth-order valence-electron chi connectivity index (χ4n) is 0.604. The van der Waals surface area contributed by atoms with Gasteiger partial charge in [-0.05, 0) is 0 Å². The first-order valence-electron chi connectivity index (χ1n) is 3.29. The van der Waals surface area contributed by atoms with Gasteiger partial charge in [0.25, 0.3) is 0 Å². The zero-order valence-corrected chi connectivity index (χ0v) is 6.17. The molecule has 0 aliphatic carbocycles. The van der Waals surface area contributed by atoms with Crippen LogP contribution in [0.4, 0.5) is 4.39 Å². The number of alkyl halides is 1. The van der Waals surface area contributed by atoms with Gasteiger partial charge in [-0.15, -0.1) is 0 Å². The molecule has 0 bridgehead atoms. The molecule has 5 nitrogen and oxygen atoms in total. The second-order valence-electron chi connectivity index (χ2n) is 2.31. The fourth-order valence-corrected chi connectivity index (χ4v) is 0.604. The molecule has 4 N–H and O–H groups in total. The maximum atomic E-state index is 12.3. The predicted octanol–water partition coefficient (Wildman–Crippen LogP) is -2.40. The Morgan fingerprint density at radius 3 is 2.08 bits per heavy atom. The highest BCUT2D eigenvalue weighted by Crippen LogP contribution is 2.05. The van der Waals surface area contributed by atoms with Crippen LogP contribution in [-0.2, 0) is 4.79 Å². The number of aldehydes is 1. The van der Waals surface area contributed by atoms with E-state index in [0.717, 1.165) is 0 Å². The summed E-state index contributed by atoms with van der Waals surface area (Å²) < 4.78 is 12.3. The van der Waals surface area contributed by atoms with E-state index in [1.54, 1.807) is 0 Å². The van der Waals surface area contributed by atoms with Crippen molar-refractivity contribution in [1.82, 2.24) is 0 Å². The second kappa shape index (κ2) is 5.15. The first-order chi connectivity index (χ1) is 5.54. The van der Waals surface area contributed by atoms with Crippen LogP contribution in [0.5, 0.6) is 0 Å². The summed E-state index contributed by atoms with van der Waals surface area (Å²) >= 11 is 0. The zero-order valence-electron chi connectivity index (χ0n) is 6.17. The maximum absolute atomic E-state index is 12.3. The van der Waals surface area contributed by atoms with Crippen LogP contribution in [0.15, 0.2) is 0 Å². The van der Waals surface area contributed by atoms with Crippen LogP contribution in [-0.4, -0.2) is 57.8 Å². The van der Waals surface area contributed by atoms with Gasteiger partial charge in [-0.1, -0.05) is 0 Å². The lowest BCUT2D eigenvalue weighted by Crippen LogP contribution is -2.44. The molecule has 0 heterocycles. The molecule has 0 amide bonds. The Morgan fingerprint density at radius 2 is 1.75 bits per heavy atom. The van der Waals surface area contributed by atoms with E-state index in [0.29, 0.717) is 0 Å². The first-order valence-corrected chi connectivity index (χ1v) is 3.29. The molecule has 0 spiro atoms. The summed E-state index contributed by atoms with van der Waals surface area (Å²) in [5, 5.41) is 34.6. The Morgan fingerprint density at radius 1 is 1.25 bits per heavy atom. The number of aliphatic hydroxyl groups excluding tert-OH is 4. The molecule has 4 atom stereocenters. The van der Waals surface area contributed by atoms with Gasteiger partial charge in [-0.2, -0.15) is 0 Å². The molecule has 0 saturated carbocycles. The average molecular weight is 182 g/mol. The summed E-state index contributed by atoms with van der Waals surface area (Å²) in [5.74, 6) is 0. The highest BCUT2D eigenvalue weighted by molar-refractivity contribution is 5.56. The number of hydrogen-bond acceptors (Lipinski definition) is 5. The molecule has 0 aromatic rings. The highest BCUT2D eigenvalue weighted by Gasteiger charge is 2.30. The summed E-state index contributed by atoms with van der Waals surface area (Å²) in [6.07, 6.45) is -7.99. The van der Waals surface area contributed by atoms with Crippen molar-refractivity contribution in [1.29, 1.82) is 0 Å². The fraction of sp³-hybridized carbons (Fsp3) is 0.833. The van der Waals surface area contributed by atoms with Crippen molar-refractivity contribution in [3.8, 4) is 0 Å². The summed E-state index contributed by atoms with van der Waals surface area (Å²) in [7, 11) is 0. The molecule has 0 fully saturated rings. The Bertz CT molecular complexity index is 142. The van der Waals surface area contributed by atoms with Crippen molar-refractivity contribution in [2.45, 2.75) is 24.5 Å². The van der Waals surface area contributed by atoms with Gasteiger partial charge in [0.15, 0.2) is 12.5 Å². The van der Waals surface area contributed by atoms with Crippen molar-refractivity contribution in [3.63, 3.8) is 0 Å². The lowest BCUT2D eigenvalue weighted by atomic mass is 10.1. The molecule has 0 saturated heterocycles. The second-order valence-corrected chi connectivity index (χ2v) is 2.31. The van der Waals surface area contributed by atoms with Crippen molar-refractivity contribution in [2.75, 3.05) is 6.61 Å². The summed E-state index contributed by atoms with van der Waals surface area (Å²) in [5.41, 5.74) is 0. The number of aliphatic hydroxyl groups is 4. The molecule has 0 rings (SSSR count). The number of carbonyl (C=O) groups is 1. The van der Waals surface area contributed by atoms with E-state index in [-0.39, 0.29) is 6.29 Å². The van der Waals surface area contributed by atoms with Crippen LogP contribution in [0.1, 0.15) is 0 Å². The van der Waals surface area contributed by atoms with Crippen LogP contribution in [0.3, 0.4) is 0 Å². The number of halogens is 1. The van der Waals surface area contributed by atoms with E-state index >= 15 is 0 Å². The van der Waals surface area contributed by atoms with E-state index in [4.69, 9.17) is 20.4 Å². The van der Waals surface area contributed by atoms with E-state index in [2.05, 4.69) is 0 Å². The summed E-state index contributed by atoms with van der Waals surface area (Å²) in [6, 6.07) is 0. The maximum Gasteiger partial charge on any atom is 0.183 e. The molecule has 0 unspecified atom stereocenters. The Labute approximate surface area is 68.1 Å². The molecule has 0 aromatic carbocycles. The third-order valence-corrected chi connectivity index (χ3v) is 1.39. The monoisotopic (exact) mass is 182 g/mol. The zero-order chi connectivity index (χ0) is 9.72. The van der Waals surface area contributed by atoms with Gasteiger partial charge in [0.05, 0.1) is 6.61 Å². The molecule has 0 radical (unpaired) electrons. The third kappa shape index (κ3) is 2.82. The Hall–Kier alpha value is -0.560. The van der Waals surface area contributed by atoms with Crippen LogP contribution in [0.2, 0.25) is 0 Å². The van der Waals surface area contributed by atoms with E-state index in [1.807, 2.05) is 0 Å². The number of hydrogen-bond donors (Lipinski definition) is 4. The van der Waals surface area contributed by atoms with Crippen molar-refractivity contribution in [3.05, 3.63) is 0 Å². The first kappa shape index (κ1) is 11.4. The van der Waals surface area contributed by atoms with Crippen molar-refractivity contribution in [2.24, 2.45) is 0 Å². The minimum atomic E-state index is -2.26.